The number of phenolic OH excluding ortho intramolecular Hbond substituents is 2. The Morgan fingerprint density at radius 2 is 2.06 bits per heavy atom. The highest BCUT2D eigenvalue weighted by Crippen LogP contribution is 2.46. The first kappa shape index (κ1) is 21.1. The van der Waals surface area contributed by atoms with E-state index in [0.29, 0.717) is 30.0 Å². The molecule has 31 heavy (non-hydrogen) atoms. The van der Waals surface area contributed by atoms with Crippen LogP contribution in [0.25, 0.3) is 0 Å². The topological polar surface area (TPSA) is 161 Å². The van der Waals surface area contributed by atoms with Crippen LogP contribution in [0.5, 0.6) is 17.2 Å². The monoisotopic (exact) mass is 448 g/mol. The highest BCUT2D eigenvalue weighted by atomic mass is 32.3. The van der Waals surface area contributed by atoms with Crippen LogP contribution >= 0.6 is 11.0 Å². The van der Waals surface area contributed by atoms with Gasteiger partial charge in [-0.3, -0.25) is 18.6 Å². The Morgan fingerprint density at radius 3 is 2.87 bits per heavy atom. The molecule has 0 saturated carbocycles. The molecule has 2 aliphatic heterocycles. The number of nitrogens with two attached hydrogens (primary N) is 1. The molecule has 2 aromatic carbocycles. The maximum Gasteiger partial charge on any atom is 0.258 e. The first-order valence-corrected chi connectivity index (χ1v) is 11.3. The van der Waals surface area contributed by atoms with E-state index in [2.05, 4.69) is 9.12 Å². The second-order valence-corrected chi connectivity index (χ2v) is 8.86. The number of carbonyl (C=O) groups excluding carboxylic acids is 1. The molecule has 1 atom stereocenters. The van der Waals surface area contributed by atoms with Crippen molar-refractivity contribution >= 4 is 28.4 Å². The van der Waals surface area contributed by atoms with Crippen LogP contribution in [0.4, 0.5) is 5.69 Å². The number of piperidine rings is 1. The summed E-state index contributed by atoms with van der Waals surface area (Å²) in [6.07, 6.45) is 2.45. The van der Waals surface area contributed by atoms with Gasteiger partial charge in [0.25, 0.3) is 5.91 Å². The SMILES string of the molecule is NC1=NS(O)(O)Nc2cccc(OCC3CCCCN3C(=O)c3cc(O)ccc3O)c21. The molecule has 2 aromatic rings. The number of aromatic hydroxyl groups is 2. The molecular weight excluding hydrogens is 424 g/mol. The lowest BCUT2D eigenvalue weighted by atomic mass is 10.0. The van der Waals surface area contributed by atoms with Crippen molar-refractivity contribution in [2.24, 2.45) is 10.1 Å². The van der Waals surface area contributed by atoms with Crippen molar-refractivity contribution in [1.82, 2.24) is 4.90 Å². The summed E-state index contributed by atoms with van der Waals surface area (Å²) in [5.74, 6) is -0.326. The normalized spacial score (nSPS) is 20.8. The van der Waals surface area contributed by atoms with Crippen molar-refractivity contribution in [3.63, 3.8) is 0 Å². The number of carbonyl (C=O) groups is 1. The molecule has 4 rings (SSSR count). The van der Waals surface area contributed by atoms with Gasteiger partial charge in [0.15, 0.2) is 5.84 Å². The van der Waals surface area contributed by atoms with Crippen LogP contribution in [0, 0.1) is 0 Å². The Hall–Kier alpha value is -3.15. The third-order valence-electron chi connectivity index (χ3n) is 5.28. The summed E-state index contributed by atoms with van der Waals surface area (Å²) >= 11 is 0. The number of amides is 1. The molecule has 10 nitrogen and oxygen atoms in total. The van der Waals surface area contributed by atoms with E-state index in [1.54, 1.807) is 23.1 Å². The minimum absolute atomic E-state index is 0.0368. The fourth-order valence-corrected chi connectivity index (χ4v) is 4.71. The number of fused-ring (bicyclic) bond motifs is 1. The van der Waals surface area contributed by atoms with Crippen LogP contribution in [0.2, 0.25) is 0 Å². The van der Waals surface area contributed by atoms with Crippen molar-refractivity contribution in [1.29, 1.82) is 0 Å². The van der Waals surface area contributed by atoms with Gasteiger partial charge in [-0.15, -0.1) is 4.40 Å². The van der Waals surface area contributed by atoms with Crippen molar-refractivity contribution < 1.29 is 28.8 Å². The van der Waals surface area contributed by atoms with E-state index < -0.39 is 11.0 Å². The molecule has 7 N–H and O–H groups in total. The number of anilines is 1. The number of likely N-dealkylation sites (tertiary alicyclic amines) is 1. The summed E-state index contributed by atoms with van der Waals surface area (Å²) in [6, 6.07) is 8.61. The molecule has 1 fully saturated rings. The molecule has 166 valence electrons. The van der Waals surface area contributed by atoms with E-state index in [0.717, 1.165) is 12.8 Å². The van der Waals surface area contributed by atoms with E-state index in [-0.39, 0.29) is 41.5 Å². The second kappa shape index (κ2) is 8.17. The third kappa shape index (κ3) is 4.33. The first-order chi connectivity index (χ1) is 14.7. The Morgan fingerprint density at radius 1 is 1.26 bits per heavy atom. The number of ether oxygens (including phenoxy) is 1. The number of nitrogens with zero attached hydrogens (tertiary/aromatic N) is 2. The largest absolute Gasteiger partial charge is 0.508 e. The summed E-state index contributed by atoms with van der Waals surface area (Å²) in [5.41, 5.74) is 6.78. The molecule has 2 aliphatic rings. The number of hydrogen-bond acceptors (Lipinski definition) is 9. The predicted molar refractivity (Wildman–Crippen MR) is 118 cm³/mol. The van der Waals surface area contributed by atoms with Crippen LogP contribution in [-0.2, 0) is 0 Å². The van der Waals surface area contributed by atoms with Gasteiger partial charge < -0.3 is 25.6 Å². The van der Waals surface area contributed by atoms with Gasteiger partial charge in [-0.2, -0.15) is 0 Å². The minimum atomic E-state index is -3.40. The van der Waals surface area contributed by atoms with Crippen LogP contribution in [-0.4, -0.2) is 55.2 Å². The highest BCUT2D eigenvalue weighted by Gasteiger charge is 2.31. The lowest BCUT2D eigenvalue weighted by Gasteiger charge is -2.36. The summed E-state index contributed by atoms with van der Waals surface area (Å²) in [4.78, 5) is 14.7. The average molecular weight is 449 g/mol. The van der Waals surface area contributed by atoms with Crippen molar-refractivity contribution in [2.75, 3.05) is 17.9 Å². The lowest BCUT2D eigenvalue weighted by molar-refractivity contribution is 0.0525. The maximum absolute atomic E-state index is 13.0. The summed E-state index contributed by atoms with van der Waals surface area (Å²) < 4.78 is 31.8. The van der Waals surface area contributed by atoms with Gasteiger partial charge in [0.1, 0.15) is 23.9 Å². The molecule has 1 amide bonds. The molecule has 1 unspecified atom stereocenters. The van der Waals surface area contributed by atoms with Gasteiger partial charge in [-0.05, 0) is 60.6 Å². The van der Waals surface area contributed by atoms with Gasteiger partial charge in [-0.1, -0.05) is 6.07 Å². The van der Waals surface area contributed by atoms with Gasteiger partial charge in [0.2, 0.25) is 0 Å². The van der Waals surface area contributed by atoms with Crippen LogP contribution in [0.15, 0.2) is 40.8 Å². The second-order valence-electron chi connectivity index (χ2n) is 7.44. The van der Waals surface area contributed by atoms with E-state index in [4.69, 9.17) is 10.5 Å². The summed E-state index contributed by atoms with van der Waals surface area (Å²) in [7, 11) is -3.40. The molecule has 1 saturated heterocycles. The third-order valence-corrected chi connectivity index (χ3v) is 6.23. The Bertz CT molecular complexity index is 1040. The number of hydrogen-bond donors (Lipinski definition) is 6. The quantitative estimate of drug-likeness (QED) is 0.389. The minimum Gasteiger partial charge on any atom is -0.508 e. The molecular formula is C20H24N4O6S. The average Bonchev–Trinajstić information content (AvgIpc) is 2.72. The van der Waals surface area contributed by atoms with E-state index in [9.17, 15) is 24.1 Å². The van der Waals surface area contributed by atoms with E-state index in [1.807, 2.05) is 0 Å². The molecule has 0 radical (unpaired) electrons. The zero-order valence-electron chi connectivity index (χ0n) is 16.6. The molecule has 0 aromatic heterocycles. The molecule has 0 aliphatic carbocycles. The first-order valence-electron chi connectivity index (χ1n) is 9.75. The van der Waals surface area contributed by atoms with Gasteiger partial charge in [-0.25, -0.2) is 0 Å². The molecule has 0 bridgehead atoms. The standard InChI is InChI=1S/C20H24N4O6S/c21-19-18-15(22-31(28,29)23-19)5-3-6-17(18)30-11-12-4-1-2-9-24(12)20(27)14-10-13(25)7-8-16(14)26/h3,5-8,10,12,22,25-26,28-29H,1-2,4,9,11H2,(H2,21,23). The Balaban J connectivity index is 1.54. The number of nitrogens with one attached hydrogen (secondary N) is 1. The Labute approximate surface area is 180 Å². The Kier molecular flexibility index (Phi) is 5.56. The van der Waals surface area contributed by atoms with E-state index in [1.165, 1.54) is 18.2 Å². The van der Waals surface area contributed by atoms with Crippen LogP contribution in [0.3, 0.4) is 0 Å². The van der Waals surface area contributed by atoms with Crippen LogP contribution < -0.4 is 15.2 Å². The van der Waals surface area contributed by atoms with E-state index >= 15 is 0 Å². The predicted octanol–water partition coefficient (Wildman–Crippen LogP) is 2.88. The maximum atomic E-state index is 13.0. The lowest BCUT2D eigenvalue weighted by Crippen LogP contribution is -2.46. The number of amidine groups is 1. The molecule has 2 heterocycles. The number of phenols is 2. The summed E-state index contributed by atoms with van der Waals surface area (Å²) in [6.45, 7) is 0.673. The number of benzene rings is 2. The zero-order chi connectivity index (χ0) is 22.2. The number of rotatable bonds is 4. The van der Waals surface area contributed by atoms with Gasteiger partial charge >= 0.3 is 0 Å². The van der Waals surface area contributed by atoms with Crippen molar-refractivity contribution in [2.45, 2.75) is 25.3 Å². The smallest absolute Gasteiger partial charge is 0.258 e. The summed E-state index contributed by atoms with van der Waals surface area (Å²) in [5, 5.41) is 19.8. The van der Waals surface area contributed by atoms with Crippen molar-refractivity contribution in [3.8, 4) is 17.2 Å². The fourth-order valence-electron chi connectivity index (χ4n) is 3.83. The molecule has 11 heteroatoms. The molecule has 0 spiro atoms. The van der Waals surface area contributed by atoms with Gasteiger partial charge in [0, 0.05) is 6.54 Å². The highest BCUT2D eigenvalue weighted by molar-refractivity contribution is 8.24. The van der Waals surface area contributed by atoms with Gasteiger partial charge in [0.05, 0.1) is 22.9 Å². The van der Waals surface area contributed by atoms with Crippen LogP contribution in [0.1, 0.15) is 35.2 Å². The fraction of sp³-hybridized carbons (Fsp3) is 0.300. The van der Waals surface area contributed by atoms with Crippen molar-refractivity contribution in [3.05, 3.63) is 47.5 Å². The zero-order valence-corrected chi connectivity index (χ0v) is 17.4.